The third-order valence-corrected chi connectivity index (χ3v) is 6.08. The maximum absolute atomic E-state index is 13.1. The Balaban J connectivity index is 1.70. The number of carbonyl (C=O) groups excluding carboxylic acids is 1. The van der Waals surface area contributed by atoms with Crippen molar-refractivity contribution >= 4 is 27.6 Å². The standard InChI is InChI=1S/C24H32BrN3O2/c1-24(2,3)20-10-8-19(9-11-20)18-28(13-12-27-14-16-30-17-15-27)23(29)26-22-7-5-4-6-21(22)25/h4-11H,12-18H2,1-3H3,(H,26,29). The SMILES string of the molecule is CC(C)(C)c1ccc(CN(CCN2CCOCC2)C(=O)Nc2ccccc2Br)cc1. The van der Waals surface area contributed by atoms with E-state index in [1.807, 2.05) is 29.2 Å². The van der Waals surface area contributed by atoms with Crippen molar-refractivity contribution in [3.63, 3.8) is 0 Å². The maximum Gasteiger partial charge on any atom is 0.322 e. The van der Waals surface area contributed by atoms with Gasteiger partial charge in [-0.05, 0) is 44.6 Å². The van der Waals surface area contributed by atoms with E-state index < -0.39 is 0 Å². The fourth-order valence-corrected chi connectivity index (χ4v) is 3.81. The normalized spacial score (nSPS) is 15.1. The number of para-hydroxylation sites is 1. The second kappa shape index (κ2) is 10.4. The Kier molecular flexibility index (Phi) is 7.92. The second-order valence-corrected chi connectivity index (χ2v) is 9.59. The molecule has 0 aliphatic carbocycles. The molecule has 0 unspecified atom stereocenters. The number of nitrogens with one attached hydrogen (secondary N) is 1. The summed E-state index contributed by atoms with van der Waals surface area (Å²) in [5.41, 5.74) is 3.32. The highest BCUT2D eigenvalue weighted by Gasteiger charge is 2.19. The molecule has 162 valence electrons. The highest BCUT2D eigenvalue weighted by Crippen LogP contribution is 2.24. The minimum Gasteiger partial charge on any atom is -0.379 e. The lowest BCUT2D eigenvalue weighted by atomic mass is 9.87. The molecule has 5 nitrogen and oxygen atoms in total. The number of hydrogen-bond donors (Lipinski definition) is 1. The first kappa shape index (κ1) is 22.8. The van der Waals surface area contributed by atoms with Gasteiger partial charge in [-0.3, -0.25) is 4.90 Å². The molecule has 2 aromatic carbocycles. The Morgan fingerprint density at radius 2 is 1.77 bits per heavy atom. The number of amides is 2. The summed E-state index contributed by atoms with van der Waals surface area (Å²) in [6.45, 7) is 12.1. The summed E-state index contributed by atoms with van der Waals surface area (Å²) >= 11 is 3.51. The Labute approximate surface area is 188 Å². The minimum absolute atomic E-state index is 0.0879. The fraction of sp³-hybridized carbons (Fsp3) is 0.458. The molecule has 0 bridgehead atoms. The number of nitrogens with zero attached hydrogens (tertiary/aromatic N) is 2. The number of halogens is 1. The molecule has 1 N–H and O–H groups in total. The van der Waals surface area contributed by atoms with Crippen molar-refractivity contribution < 1.29 is 9.53 Å². The number of benzene rings is 2. The van der Waals surface area contributed by atoms with Gasteiger partial charge >= 0.3 is 6.03 Å². The van der Waals surface area contributed by atoms with Crippen LogP contribution in [0.3, 0.4) is 0 Å². The summed E-state index contributed by atoms with van der Waals surface area (Å²) in [5, 5.41) is 3.05. The summed E-state index contributed by atoms with van der Waals surface area (Å²) < 4.78 is 6.32. The van der Waals surface area contributed by atoms with Crippen LogP contribution in [-0.2, 0) is 16.7 Å². The Morgan fingerprint density at radius 3 is 2.40 bits per heavy atom. The fourth-order valence-electron chi connectivity index (χ4n) is 3.43. The van der Waals surface area contributed by atoms with Crippen LogP contribution in [-0.4, -0.2) is 55.2 Å². The van der Waals surface area contributed by atoms with Crippen LogP contribution in [0.25, 0.3) is 0 Å². The lowest BCUT2D eigenvalue weighted by Crippen LogP contribution is -2.44. The van der Waals surface area contributed by atoms with Crippen molar-refractivity contribution in [3.05, 3.63) is 64.1 Å². The predicted molar refractivity (Wildman–Crippen MR) is 126 cm³/mol. The molecular formula is C24H32BrN3O2. The van der Waals surface area contributed by atoms with Crippen molar-refractivity contribution in [2.75, 3.05) is 44.7 Å². The van der Waals surface area contributed by atoms with E-state index in [4.69, 9.17) is 4.74 Å². The van der Waals surface area contributed by atoms with Gasteiger partial charge in [0.1, 0.15) is 0 Å². The number of carbonyl (C=O) groups is 1. The maximum atomic E-state index is 13.1. The summed E-state index contributed by atoms with van der Waals surface area (Å²) in [7, 11) is 0. The van der Waals surface area contributed by atoms with Crippen LogP contribution < -0.4 is 5.32 Å². The van der Waals surface area contributed by atoms with Gasteiger partial charge in [0.2, 0.25) is 0 Å². The van der Waals surface area contributed by atoms with Gasteiger partial charge in [-0.1, -0.05) is 57.2 Å². The van der Waals surface area contributed by atoms with Gasteiger partial charge in [0.05, 0.1) is 18.9 Å². The van der Waals surface area contributed by atoms with E-state index >= 15 is 0 Å². The lowest BCUT2D eigenvalue weighted by molar-refractivity contribution is 0.0349. The smallest absolute Gasteiger partial charge is 0.322 e. The zero-order chi connectivity index (χ0) is 21.6. The molecule has 2 aromatic rings. The zero-order valence-electron chi connectivity index (χ0n) is 18.2. The topological polar surface area (TPSA) is 44.8 Å². The molecule has 3 rings (SSSR count). The number of morpholine rings is 1. The van der Waals surface area contributed by atoms with Crippen LogP contribution in [0.2, 0.25) is 0 Å². The molecular weight excluding hydrogens is 442 g/mol. The average molecular weight is 474 g/mol. The van der Waals surface area contributed by atoms with Crippen LogP contribution in [0, 0.1) is 0 Å². The van der Waals surface area contributed by atoms with E-state index in [1.54, 1.807) is 0 Å². The van der Waals surface area contributed by atoms with E-state index in [1.165, 1.54) is 5.56 Å². The molecule has 0 aromatic heterocycles. The van der Waals surface area contributed by atoms with Crippen molar-refractivity contribution in [2.45, 2.75) is 32.7 Å². The molecule has 1 heterocycles. The highest BCUT2D eigenvalue weighted by atomic mass is 79.9. The number of urea groups is 1. The average Bonchev–Trinajstić information content (AvgIpc) is 2.73. The molecule has 0 spiro atoms. The van der Waals surface area contributed by atoms with Crippen molar-refractivity contribution in [3.8, 4) is 0 Å². The lowest BCUT2D eigenvalue weighted by Gasteiger charge is -2.30. The Morgan fingerprint density at radius 1 is 1.10 bits per heavy atom. The minimum atomic E-state index is -0.0879. The van der Waals surface area contributed by atoms with Gasteiger partial charge < -0.3 is 15.0 Å². The number of ether oxygens (including phenoxy) is 1. The molecule has 1 aliphatic rings. The van der Waals surface area contributed by atoms with Crippen LogP contribution in [0.5, 0.6) is 0 Å². The first-order chi connectivity index (χ1) is 14.3. The molecule has 0 atom stereocenters. The quantitative estimate of drug-likeness (QED) is 0.633. The molecule has 30 heavy (non-hydrogen) atoms. The molecule has 0 saturated carbocycles. The largest absolute Gasteiger partial charge is 0.379 e. The Hall–Kier alpha value is -1.89. The predicted octanol–water partition coefficient (Wildman–Crippen LogP) is 5.11. The van der Waals surface area contributed by atoms with Gasteiger partial charge in [-0.2, -0.15) is 0 Å². The second-order valence-electron chi connectivity index (χ2n) is 8.73. The van der Waals surface area contributed by atoms with Crippen LogP contribution in [0.15, 0.2) is 53.0 Å². The Bertz CT molecular complexity index is 827. The van der Waals surface area contributed by atoms with Gasteiger partial charge in [-0.25, -0.2) is 4.79 Å². The molecule has 6 heteroatoms. The van der Waals surface area contributed by atoms with Crippen LogP contribution in [0.1, 0.15) is 31.9 Å². The first-order valence-electron chi connectivity index (χ1n) is 10.5. The summed E-state index contributed by atoms with van der Waals surface area (Å²) in [5.74, 6) is 0. The summed E-state index contributed by atoms with van der Waals surface area (Å²) in [4.78, 5) is 17.4. The third-order valence-electron chi connectivity index (χ3n) is 5.39. The molecule has 0 radical (unpaired) electrons. The molecule has 1 fully saturated rings. The van der Waals surface area contributed by atoms with E-state index in [2.05, 4.69) is 71.2 Å². The third kappa shape index (κ3) is 6.56. The summed E-state index contributed by atoms with van der Waals surface area (Å²) in [6, 6.07) is 16.2. The van der Waals surface area contributed by atoms with Gasteiger partial charge in [0, 0.05) is 37.2 Å². The van der Waals surface area contributed by atoms with E-state index in [9.17, 15) is 4.79 Å². The van der Waals surface area contributed by atoms with Gasteiger partial charge in [0.15, 0.2) is 0 Å². The highest BCUT2D eigenvalue weighted by molar-refractivity contribution is 9.10. The molecule has 2 amide bonds. The van der Waals surface area contributed by atoms with E-state index in [0.717, 1.165) is 48.6 Å². The zero-order valence-corrected chi connectivity index (χ0v) is 19.7. The van der Waals surface area contributed by atoms with Crippen molar-refractivity contribution in [1.82, 2.24) is 9.80 Å². The van der Waals surface area contributed by atoms with Crippen LogP contribution in [0.4, 0.5) is 10.5 Å². The van der Waals surface area contributed by atoms with Crippen LogP contribution >= 0.6 is 15.9 Å². The van der Waals surface area contributed by atoms with E-state index in [-0.39, 0.29) is 11.4 Å². The van der Waals surface area contributed by atoms with Crippen molar-refractivity contribution in [2.24, 2.45) is 0 Å². The van der Waals surface area contributed by atoms with E-state index in [0.29, 0.717) is 13.1 Å². The first-order valence-corrected chi connectivity index (χ1v) is 11.3. The van der Waals surface area contributed by atoms with Gasteiger partial charge in [-0.15, -0.1) is 0 Å². The van der Waals surface area contributed by atoms with Crippen molar-refractivity contribution in [1.29, 1.82) is 0 Å². The monoisotopic (exact) mass is 473 g/mol. The number of hydrogen-bond acceptors (Lipinski definition) is 3. The molecule has 1 saturated heterocycles. The number of anilines is 1. The summed E-state index contributed by atoms with van der Waals surface area (Å²) in [6.07, 6.45) is 0. The van der Waals surface area contributed by atoms with Gasteiger partial charge in [0.25, 0.3) is 0 Å². The number of rotatable bonds is 6. The molecule has 1 aliphatic heterocycles.